The summed E-state index contributed by atoms with van der Waals surface area (Å²) in [5, 5.41) is 26.5. The molecule has 1 amide bonds. The molecule has 1 aliphatic heterocycles. The molecule has 1 aliphatic carbocycles. The number of aliphatic hydroxyl groups excluding tert-OH is 2. The minimum atomic E-state index is -0.862. The molecule has 3 rings (SSSR count). The number of hydrogen-bond acceptors (Lipinski definition) is 5. The fraction of sp³-hybridized carbons (Fsp3) is 0.560. The van der Waals surface area contributed by atoms with Crippen LogP contribution >= 0.6 is 23.2 Å². The zero-order chi connectivity index (χ0) is 24.2. The van der Waals surface area contributed by atoms with Crippen molar-refractivity contribution in [2.75, 3.05) is 13.2 Å². The lowest BCUT2D eigenvalue weighted by Crippen LogP contribution is -2.54. The highest BCUT2D eigenvalue weighted by Crippen LogP contribution is 2.47. The molecular formula is C25H35Cl2N3O3. The first-order chi connectivity index (χ1) is 15.7. The molecule has 6 nitrogen and oxygen atoms in total. The van der Waals surface area contributed by atoms with E-state index >= 15 is 0 Å². The van der Waals surface area contributed by atoms with Crippen molar-refractivity contribution in [3.8, 4) is 0 Å². The number of nitrogens with two attached hydrogens (primary N) is 1. The Balaban J connectivity index is 1.99. The van der Waals surface area contributed by atoms with Crippen LogP contribution in [0.1, 0.15) is 38.7 Å². The molecule has 0 saturated carbocycles. The molecule has 0 aromatic heterocycles. The van der Waals surface area contributed by atoms with Gasteiger partial charge in [-0.2, -0.15) is 0 Å². The second-order valence-corrected chi connectivity index (χ2v) is 10.5. The molecular weight excluding hydrogens is 461 g/mol. The molecule has 182 valence electrons. The van der Waals surface area contributed by atoms with Gasteiger partial charge in [-0.25, -0.2) is 0 Å². The van der Waals surface area contributed by atoms with Crippen LogP contribution in [0.25, 0.3) is 0 Å². The summed E-state index contributed by atoms with van der Waals surface area (Å²) < 4.78 is 0. The number of carbonyl (C=O) groups excluding carboxylic acids is 1. The standard InChI is InChI=1S/C25H35Cl2N3O3/c1-15(2)12-21-25(28,17-6-8-18(26)9-7-17)22(16-4-3-5-19(27)13-16)23(30-21)24(33)29-11-10-20(32)14-31/h3-9,15-16,20-23,30-32H,10-14,28H2,1-2H3,(H,29,33)/t16?,20-,21-,22-,23+,25+/m0/s1. The molecule has 33 heavy (non-hydrogen) atoms. The third-order valence-corrected chi connectivity index (χ3v) is 7.25. The summed E-state index contributed by atoms with van der Waals surface area (Å²) in [4.78, 5) is 13.4. The molecule has 6 atom stereocenters. The zero-order valence-electron chi connectivity index (χ0n) is 19.2. The average molecular weight is 496 g/mol. The smallest absolute Gasteiger partial charge is 0.237 e. The van der Waals surface area contributed by atoms with Gasteiger partial charge in [0.15, 0.2) is 0 Å². The quantitative estimate of drug-likeness (QED) is 0.361. The van der Waals surface area contributed by atoms with Crippen LogP contribution in [-0.2, 0) is 10.3 Å². The Labute approximate surface area is 206 Å². The molecule has 0 radical (unpaired) electrons. The van der Waals surface area contributed by atoms with E-state index in [1.807, 2.05) is 36.4 Å². The topological polar surface area (TPSA) is 108 Å². The van der Waals surface area contributed by atoms with Gasteiger partial charge in [0, 0.05) is 28.6 Å². The predicted octanol–water partition coefficient (Wildman–Crippen LogP) is 3.06. The lowest BCUT2D eigenvalue weighted by atomic mass is 9.66. The van der Waals surface area contributed by atoms with Crippen molar-refractivity contribution in [1.82, 2.24) is 10.6 Å². The largest absolute Gasteiger partial charge is 0.394 e. The van der Waals surface area contributed by atoms with Crippen molar-refractivity contribution in [3.05, 3.63) is 58.1 Å². The highest BCUT2D eigenvalue weighted by molar-refractivity contribution is 6.30. The van der Waals surface area contributed by atoms with E-state index in [2.05, 4.69) is 30.6 Å². The molecule has 1 heterocycles. The van der Waals surface area contributed by atoms with Crippen molar-refractivity contribution in [2.45, 2.75) is 56.8 Å². The fourth-order valence-corrected chi connectivity index (χ4v) is 5.52. The summed E-state index contributed by atoms with van der Waals surface area (Å²) >= 11 is 12.6. The van der Waals surface area contributed by atoms with E-state index in [0.717, 1.165) is 17.0 Å². The molecule has 0 bridgehead atoms. The first kappa shape index (κ1) is 26.2. The number of amides is 1. The van der Waals surface area contributed by atoms with Gasteiger partial charge in [0.2, 0.25) is 5.91 Å². The fourth-order valence-electron chi connectivity index (χ4n) is 5.15. The van der Waals surface area contributed by atoms with E-state index < -0.39 is 17.7 Å². The molecule has 6 N–H and O–H groups in total. The number of allylic oxidation sites excluding steroid dienone is 4. The zero-order valence-corrected chi connectivity index (χ0v) is 20.7. The summed E-state index contributed by atoms with van der Waals surface area (Å²) in [5.41, 5.74) is 7.42. The van der Waals surface area contributed by atoms with Gasteiger partial charge in [-0.05, 0) is 54.9 Å². The summed E-state index contributed by atoms with van der Waals surface area (Å²) in [6, 6.07) is 6.89. The number of aliphatic hydroxyl groups is 2. The third kappa shape index (κ3) is 5.99. The Bertz CT molecular complexity index is 874. The van der Waals surface area contributed by atoms with Crippen LogP contribution in [0.2, 0.25) is 5.02 Å². The van der Waals surface area contributed by atoms with Crippen molar-refractivity contribution in [3.63, 3.8) is 0 Å². The second-order valence-electron chi connectivity index (χ2n) is 9.57. The Morgan fingerprint density at radius 3 is 2.61 bits per heavy atom. The molecule has 2 aliphatic rings. The monoisotopic (exact) mass is 495 g/mol. The van der Waals surface area contributed by atoms with Gasteiger partial charge in [0.1, 0.15) is 0 Å². The summed E-state index contributed by atoms with van der Waals surface area (Å²) in [6.45, 7) is 4.21. The van der Waals surface area contributed by atoms with Crippen molar-refractivity contribution in [2.24, 2.45) is 23.5 Å². The number of hydrogen-bond donors (Lipinski definition) is 5. The van der Waals surface area contributed by atoms with Gasteiger partial charge in [-0.3, -0.25) is 4.79 Å². The second kappa shape index (κ2) is 11.3. The Morgan fingerprint density at radius 1 is 1.30 bits per heavy atom. The molecule has 8 heteroatoms. The summed E-state index contributed by atoms with van der Waals surface area (Å²) in [6.07, 6.45) is 6.71. The van der Waals surface area contributed by atoms with Crippen LogP contribution in [0.15, 0.2) is 47.5 Å². The van der Waals surface area contributed by atoms with E-state index in [1.165, 1.54) is 0 Å². The Morgan fingerprint density at radius 2 is 2.00 bits per heavy atom. The number of rotatable bonds is 9. The molecule has 1 unspecified atom stereocenters. The molecule has 0 spiro atoms. The highest BCUT2D eigenvalue weighted by atomic mass is 35.5. The lowest BCUT2D eigenvalue weighted by Gasteiger charge is -2.41. The molecule has 1 aromatic rings. The van der Waals surface area contributed by atoms with Crippen LogP contribution < -0.4 is 16.4 Å². The number of benzene rings is 1. The number of halogens is 2. The van der Waals surface area contributed by atoms with Gasteiger partial charge < -0.3 is 26.6 Å². The van der Waals surface area contributed by atoms with E-state index in [4.69, 9.17) is 34.0 Å². The first-order valence-corrected chi connectivity index (χ1v) is 12.3. The first-order valence-electron chi connectivity index (χ1n) is 11.6. The van der Waals surface area contributed by atoms with Crippen LogP contribution in [0, 0.1) is 17.8 Å². The van der Waals surface area contributed by atoms with E-state index in [9.17, 15) is 9.90 Å². The Hall–Kier alpha value is -1.41. The maximum atomic E-state index is 13.4. The summed E-state index contributed by atoms with van der Waals surface area (Å²) in [5.74, 6) is -0.0972. The van der Waals surface area contributed by atoms with E-state index in [1.54, 1.807) is 0 Å². The number of carbonyl (C=O) groups is 1. The summed E-state index contributed by atoms with van der Waals surface area (Å²) in [7, 11) is 0. The lowest BCUT2D eigenvalue weighted by molar-refractivity contribution is -0.124. The van der Waals surface area contributed by atoms with Crippen molar-refractivity contribution >= 4 is 29.1 Å². The minimum Gasteiger partial charge on any atom is -0.394 e. The maximum absolute atomic E-state index is 13.4. The third-order valence-electron chi connectivity index (χ3n) is 6.72. The van der Waals surface area contributed by atoms with E-state index in [0.29, 0.717) is 17.4 Å². The number of nitrogens with one attached hydrogen (secondary N) is 2. The van der Waals surface area contributed by atoms with Gasteiger partial charge in [-0.1, -0.05) is 61.3 Å². The van der Waals surface area contributed by atoms with Crippen LogP contribution in [-0.4, -0.2) is 47.5 Å². The Kier molecular flexibility index (Phi) is 9.01. The van der Waals surface area contributed by atoms with Gasteiger partial charge >= 0.3 is 0 Å². The highest BCUT2D eigenvalue weighted by Gasteiger charge is 2.57. The SMILES string of the molecule is CC(C)C[C@@H]1N[C@@H](C(=O)NCC[C@H](O)CO)[C@H](C2C=CC=C(Cl)C2)[C@@]1(N)c1ccc(Cl)cc1. The van der Waals surface area contributed by atoms with Crippen molar-refractivity contribution < 1.29 is 15.0 Å². The van der Waals surface area contributed by atoms with Gasteiger partial charge in [-0.15, -0.1) is 0 Å². The van der Waals surface area contributed by atoms with Crippen LogP contribution in [0.5, 0.6) is 0 Å². The normalized spacial score (nSPS) is 30.4. The van der Waals surface area contributed by atoms with Gasteiger partial charge in [0.25, 0.3) is 0 Å². The maximum Gasteiger partial charge on any atom is 0.237 e. The molecule has 1 aromatic carbocycles. The van der Waals surface area contributed by atoms with Crippen LogP contribution in [0.3, 0.4) is 0 Å². The molecule has 1 saturated heterocycles. The predicted molar refractivity (Wildman–Crippen MR) is 133 cm³/mol. The van der Waals surface area contributed by atoms with Crippen LogP contribution in [0.4, 0.5) is 0 Å². The minimum absolute atomic E-state index is 0.0355. The van der Waals surface area contributed by atoms with E-state index in [-0.39, 0.29) is 43.4 Å². The molecule has 1 fully saturated rings. The van der Waals surface area contributed by atoms with Gasteiger partial charge in [0.05, 0.1) is 24.3 Å². The average Bonchev–Trinajstić information content (AvgIpc) is 3.06. The van der Waals surface area contributed by atoms with Crippen molar-refractivity contribution in [1.29, 1.82) is 0 Å².